The summed E-state index contributed by atoms with van der Waals surface area (Å²) in [5.41, 5.74) is 7.45. The van der Waals surface area contributed by atoms with Crippen LogP contribution in [0.4, 0.5) is 0 Å². The van der Waals surface area contributed by atoms with Gasteiger partial charge < -0.3 is 0 Å². The number of thiophene rings is 2. The molecule has 0 aliphatic carbocycles. The molecule has 0 saturated carbocycles. The molecule has 0 bridgehead atoms. The number of fused-ring (bicyclic) bond motifs is 7. The van der Waals surface area contributed by atoms with Gasteiger partial charge in [-0.2, -0.15) is 0 Å². The lowest BCUT2D eigenvalue weighted by Crippen LogP contribution is -2.01. The lowest BCUT2D eigenvalue weighted by Gasteiger charge is -2.14. The van der Waals surface area contributed by atoms with Crippen molar-refractivity contribution in [1.29, 1.82) is 0 Å². The van der Waals surface area contributed by atoms with Gasteiger partial charge in [-0.3, -0.25) is 0 Å². The third kappa shape index (κ3) is 5.20. The van der Waals surface area contributed by atoms with E-state index >= 15 is 0 Å². The molecule has 5 heteroatoms. The number of hydrogen-bond donors (Lipinski definition) is 0. The predicted octanol–water partition coefficient (Wildman–Crippen LogP) is 14.1. The van der Waals surface area contributed by atoms with E-state index in [1.165, 1.54) is 56.7 Å². The molecular formula is C49H29N3S2. The van der Waals surface area contributed by atoms with Crippen LogP contribution >= 0.6 is 22.7 Å². The largest absolute Gasteiger partial charge is 0.208 e. The molecule has 252 valence electrons. The van der Waals surface area contributed by atoms with Crippen LogP contribution in [0.25, 0.3) is 108 Å². The van der Waals surface area contributed by atoms with E-state index in [0.717, 1.165) is 33.4 Å². The van der Waals surface area contributed by atoms with Gasteiger partial charge in [0, 0.05) is 57.0 Å². The molecule has 3 nitrogen and oxygen atoms in total. The Morgan fingerprint density at radius 3 is 1.74 bits per heavy atom. The molecule has 0 amide bonds. The molecule has 0 spiro atoms. The Morgan fingerprint density at radius 1 is 0.296 bits per heavy atom. The Balaban J connectivity index is 1.18. The smallest absolute Gasteiger partial charge is 0.164 e. The van der Waals surface area contributed by atoms with Crippen molar-refractivity contribution in [3.63, 3.8) is 0 Å². The molecule has 0 N–H and O–H groups in total. The van der Waals surface area contributed by atoms with Crippen molar-refractivity contribution >= 4 is 73.8 Å². The number of aromatic nitrogens is 3. The molecule has 3 heterocycles. The van der Waals surface area contributed by atoms with Gasteiger partial charge in [0.05, 0.1) is 0 Å². The van der Waals surface area contributed by atoms with Crippen molar-refractivity contribution in [2.75, 3.05) is 0 Å². The van der Waals surface area contributed by atoms with Gasteiger partial charge >= 0.3 is 0 Å². The zero-order valence-corrected chi connectivity index (χ0v) is 30.5. The van der Waals surface area contributed by atoms with Crippen LogP contribution in [-0.2, 0) is 0 Å². The highest BCUT2D eigenvalue weighted by molar-refractivity contribution is 7.26. The second kappa shape index (κ2) is 12.6. The molecule has 0 atom stereocenters. The van der Waals surface area contributed by atoms with E-state index in [-0.39, 0.29) is 0 Å². The first-order chi connectivity index (χ1) is 26.7. The van der Waals surface area contributed by atoms with Gasteiger partial charge in [-0.05, 0) is 75.5 Å². The van der Waals surface area contributed by atoms with E-state index in [2.05, 4.69) is 176 Å². The fourth-order valence-corrected chi connectivity index (χ4v) is 10.0. The number of rotatable bonds is 5. The first-order valence-corrected chi connectivity index (χ1v) is 19.6. The lowest BCUT2D eigenvalue weighted by molar-refractivity contribution is 1.08. The van der Waals surface area contributed by atoms with Crippen molar-refractivity contribution in [2.24, 2.45) is 0 Å². The van der Waals surface area contributed by atoms with E-state index in [9.17, 15) is 0 Å². The fourth-order valence-electron chi connectivity index (χ4n) is 7.77. The molecule has 11 aromatic rings. The first-order valence-electron chi connectivity index (χ1n) is 18.0. The zero-order valence-electron chi connectivity index (χ0n) is 28.9. The number of hydrogen-bond acceptors (Lipinski definition) is 5. The third-order valence-corrected chi connectivity index (χ3v) is 12.6. The zero-order chi connectivity index (χ0) is 35.6. The lowest BCUT2D eigenvalue weighted by atomic mass is 9.93. The van der Waals surface area contributed by atoms with Crippen LogP contribution in [0.15, 0.2) is 176 Å². The Bertz CT molecular complexity index is 3230. The molecule has 0 saturated heterocycles. The van der Waals surface area contributed by atoms with Crippen molar-refractivity contribution in [3.05, 3.63) is 176 Å². The molecule has 0 fully saturated rings. The average molecular weight is 724 g/mol. The van der Waals surface area contributed by atoms with Gasteiger partial charge in [0.1, 0.15) is 0 Å². The minimum absolute atomic E-state index is 0.641. The first kappa shape index (κ1) is 31.0. The van der Waals surface area contributed by atoms with Gasteiger partial charge in [0.2, 0.25) is 0 Å². The summed E-state index contributed by atoms with van der Waals surface area (Å²) in [6.45, 7) is 0. The summed E-state index contributed by atoms with van der Waals surface area (Å²) in [7, 11) is 0. The van der Waals surface area contributed by atoms with Crippen LogP contribution in [0.5, 0.6) is 0 Å². The highest BCUT2D eigenvalue weighted by Gasteiger charge is 2.19. The van der Waals surface area contributed by atoms with Crippen molar-refractivity contribution in [1.82, 2.24) is 15.0 Å². The van der Waals surface area contributed by atoms with Crippen molar-refractivity contribution < 1.29 is 0 Å². The average Bonchev–Trinajstić information content (AvgIpc) is 3.82. The summed E-state index contributed by atoms with van der Waals surface area (Å²) in [6.07, 6.45) is 0. The van der Waals surface area contributed by atoms with Gasteiger partial charge in [-0.15, -0.1) is 22.7 Å². The van der Waals surface area contributed by atoms with Crippen molar-refractivity contribution in [2.45, 2.75) is 0 Å². The second-order valence-electron chi connectivity index (χ2n) is 13.6. The van der Waals surface area contributed by atoms with Gasteiger partial charge in [-0.1, -0.05) is 133 Å². The summed E-state index contributed by atoms with van der Waals surface area (Å²) in [5, 5.41) is 7.33. The molecule has 0 aliphatic rings. The molecule has 0 aliphatic heterocycles. The van der Waals surface area contributed by atoms with Crippen LogP contribution in [0.3, 0.4) is 0 Å². The Labute approximate surface area is 319 Å². The Hall–Kier alpha value is -6.53. The van der Waals surface area contributed by atoms with Gasteiger partial charge in [-0.25, -0.2) is 15.0 Å². The van der Waals surface area contributed by atoms with E-state index in [1.54, 1.807) is 22.7 Å². The molecule has 8 aromatic carbocycles. The van der Waals surface area contributed by atoms with Crippen LogP contribution < -0.4 is 0 Å². The summed E-state index contributed by atoms with van der Waals surface area (Å²) in [6, 6.07) is 62.8. The van der Waals surface area contributed by atoms with Crippen LogP contribution in [0, 0.1) is 0 Å². The van der Waals surface area contributed by atoms with Crippen LogP contribution in [0.1, 0.15) is 0 Å². The molecule has 54 heavy (non-hydrogen) atoms. The van der Waals surface area contributed by atoms with E-state index in [0.29, 0.717) is 17.5 Å². The monoisotopic (exact) mass is 723 g/mol. The minimum atomic E-state index is 0.641. The van der Waals surface area contributed by atoms with E-state index in [4.69, 9.17) is 15.0 Å². The molecule has 0 unspecified atom stereocenters. The van der Waals surface area contributed by atoms with Gasteiger partial charge in [0.15, 0.2) is 17.5 Å². The maximum Gasteiger partial charge on any atom is 0.164 e. The van der Waals surface area contributed by atoms with E-state index in [1.807, 2.05) is 0 Å². The molecule has 0 radical (unpaired) electrons. The predicted molar refractivity (Wildman–Crippen MR) is 230 cm³/mol. The maximum absolute atomic E-state index is 5.35. The standard InChI is InChI=1S/C49H29N3S2/c1-2-12-30(13-3-1)33-26-34(37-19-10-15-31-14-4-5-16-36(31)37)28-35(27-33)48-50-47(32-24-25-39-38-17-6-8-21-42(38)54-45(39)29-32)51-49(52-48)41-20-11-23-44-46(41)40-18-7-9-22-43(40)53-44/h1-29H. The van der Waals surface area contributed by atoms with Crippen molar-refractivity contribution in [3.8, 4) is 56.4 Å². The second-order valence-corrected chi connectivity index (χ2v) is 15.8. The summed E-state index contributed by atoms with van der Waals surface area (Å²) in [5.74, 6) is 1.96. The number of nitrogens with zero attached hydrogens (tertiary/aromatic N) is 3. The van der Waals surface area contributed by atoms with Gasteiger partial charge in [0.25, 0.3) is 0 Å². The quantitative estimate of drug-likeness (QED) is 0.177. The highest BCUT2D eigenvalue weighted by atomic mass is 32.1. The molecular weight excluding hydrogens is 695 g/mol. The van der Waals surface area contributed by atoms with E-state index < -0.39 is 0 Å². The topological polar surface area (TPSA) is 38.7 Å². The summed E-state index contributed by atoms with van der Waals surface area (Å²) in [4.78, 5) is 15.9. The fraction of sp³-hybridized carbons (Fsp3) is 0. The van der Waals surface area contributed by atoms with Crippen LogP contribution in [0.2, 0.25) is 0 Å². The summed E-state index contributed by atoms with van der Waals surface area (Å²) >= 11 is 3.61. The minimum Gasteiger partial charge on any atom is -0.208 e. The third-order valence-electron chi connectivity index (χ3n) is 10.3. The maximum atomic E-state index is 5.35. The summed E-state index contributed by atoms with van der Waals surface area (Å²) < 4.78 is 4.96. The normalized spacial score (nSPS) is 11.7. The van der Waals surface area contributed by atoms with Crippen LogP contribution in [-0.4, -0.2) is 15.0 Å². The molecule has 3 aromatic heterocycles. The highest BCUT2D eigenvalue weighted by Crippen LogP contribution is 2.41. The SMILES string of the molecule is c1ccc(-c2cc(-c3nc(-c4ccc5c(c4)sc4ccccc45)nc(-c4cccc5sc6ccccc6c45)n3)cc(-c3cccc4ccccc34)c2)cc1. The number of benzene rings is 8. The Morgan fingerprint density at radius 2 is 0.870 bits per heavy atom. The Kier molecular flexibility index (Phi) is 7.22. The molecule has 11 rings (SSSR count).